The van der Waals surface area contributed by atoms with Crippen molar-refractivity contribution < 1.29 is 28.9 Å². The first-order valence-electron chi connectivity index (χ1n) is 12.2. The van der Waals surface area contributed by atoms with Gasteiger partial charge in [0.05, 0.1) is 29.6 Å². The number of nitrogens with two attached hydrogens (primary N) is 1. The Morgan fingerprint density at radius 2 is 1.85 bits per heavy atom. The van der Waals surface area contributed by atoms with Crippen molar-refractivity contribution in [2.45, 2.75) is 19.1 Å². The monoisotopic (exact) mass is 530 g/mol. The van der Waals surface area contributed by atoms with Crippen LogP contribution >= 0.6 is 0 Å². The van der Waals surface area contributed by atoms with Gasteiger partial charge in [-0.15, -0.1) is 0 Å². The number of nitriles is 1. The largest absolute Gasteiger partial charge is 0.491 e. The molecule has 0 aliphatic carbocycles. The molecule has 0 saturated heterocycles. The molecule has 3 rings (SSSR count). The third-order valence-corrected chi connectivity index (χ3v) is 5.35. The summed E-state index contributed by atoms with van der Waals surface area (Å²) in [4.78, 5) is 25.5. The minimum Gasteiger partial charge on any atom is -0.491 e. The molecular weight excluding hydrogens is 500 g/mol. The minimum atomic E-state index is -0.980. The first kappa shape index (κ1) is 28.7. The second kappa shape index (κ2) is 14.8. The summed E-state index contributed by atoms with van der Waals surface area (Å²) in [5.74, 6) is 0.0117. The standard InChI is InChI=1S/C29H30N4O6/c1-2-37-26(14-15-27(35)33-25-9-4-3-8-24(25)31)28(21-6-5-7-23(18-21)38-17-16-34)39-29(36)32-22-12-10-20(19-30)11-13-22/h3-15,18,26,28,34H,2,16-17,31H2,1H3,(H,32,36)(H,33,35)/b15-14+/t26-,28-/m1/s1. The highest BCUT2D eigenvalue weighted by Crippen LogP contribution is 2.29. The molecule has 0 aromatic heterocycles. The fraction of sp³-hybridized carbons (Fsp3) is 0.207. The number of ether oxygens (including phenoxy) is 3. The van der Waals surface area contributed by atoms with E-state index in [9.17, 15) is 9.59 Å². The molecule has 0 aliphatic rings. The van der Waals surface area contributed by atoms with Crippen molar-refractivity contribution >= 4 is 29.1 Å². The van der Waals surface area contributed by atoms with E-state index in [1.165, 1.54) is 12.2 Å². The van der Waals surface area contributed by atoms with Gasteiger partial charge in [-0.3, -0.25) is 10.1 Å². The van der Waals surface area contributed by atoms with Crippen LogP contribution < -0.4 is 21.1 Å². The van der Waals surface area contributed by atoms with E-state index in [4.69, 9.17) is 30.3 Å². The zero-order valence-electron chi connectivity index (χ0n) is 21.4. The molecule has 3 aromatic rings. The Morgan fingerprint density at radius 1 is 1.08 bits per heavy atom. The van der Waals surface area contributed by atoms with Gasteiger partial charge in [0.2, 0.25) is 5.91 Å². The number of amides is 2. The third kappa shape index (κ3) is 8.89. The number of aliphatic hydroxyl groups is 1. The lowest BCUT2D eigenvalue weighted by Crippen LogP contribution is -2.28. The Bertz CT molecular complexity index is 1320. The molecule has 0 saturated carbocycles. The highest BCUT2D eigenvalue weighted by molar-refractivity contribution is 6.01. The van der Waals surface area contributed by atoms with Crippen LogP contribution in [0, 0.1) is 11.3 Å². The molecule has 202 valence electrons. The summed E-state index contributed by atoms with van der Waals surface area (Å²) in [6.45, 7) is 1.97. The highest BCUT2D eigenvalue weighted by atomic mass is 16.6. The number of nitrogens with zero attached hydrogens (tertiary/aromatic N) is 1. The number of hydrogen-bond acceptors (Lipinski definition) is 8. The summed E-state index contributed by atoms with van der Waals surface area (Å²) in [7, 11) is 0. The van der Waals surface area contributed by atoms with Crippen molar-refractivity contribution in [3.8, 4) is 11.8 Å². The van der Waals surface area contributed by atoms with Gasteiger partial charge in [-0.05, 0) is 67.1 Å². The van der Waals surface area contributed by atoms with E-state index in [0.717, 1.165) is 0 Å². The Balaban J connectivity index is 1.85. The molecule has 2 amide bonds. The molecule has 10 heteroatoms. The maximum atomic E-state index is 12.9. The van der Waals surface area contributed by atoms with Crippen LogP contribution in [0.1, 0.15) is 24.2 Å². The van der Waals surface area contributed by atoms with Crippen molar-refractivity contribution in [1.29, 1.82) is 5.26 Å². The first-order valence-corrected chi connectivity index (χ1v) is 12.2. The maximum Gasteiger partial charge on any atom is 0.412 e. The van der Waals surface area contributed by atoms with Crippen LogP contribution in [0.5, 0.6) is 5.75 Å². The quantitative estimate of drug-likeness (QED) is 0.198. The Hall–Kier alpha value is -4.85. The number of rotatable bonds is 12. The van der Waals surface area contributed by atoms with Crippen LogP contribution in [0.2, 0.25) is 0 Å². The summed E-state index contributed by atoms with van der Waals surface area (Å²) in [5.41, 5.74) is 8.21. The number of aliphatic hydroxyl groups excluding tert-OH is 1. The summed E-state index contributed by atoms with van der Waals surface area (Å²) < 4.78 is 17.2. The van der Waals surface area contributed by atoms with E-state index in [1.807, 2.05) is 6.07 Å². The fourth-order valence-corrected chi connectivity index (χ4v) is 3.56. The second-order valence-corrected chi connectivity index (χ2v) is 8.14. The number of nitrogens with one attached hydrogen (secondary N) is 2. The molecule has 39 heavy (non-hydrogen) atoms. The number of nitrogen functional groups attached to an aromatic ring is 1. The van der Waals surface area contributed by atoms with E-state index in [0.29, 0.717) is 33.9 Å². The lowest BCUT2D eigenvalue weighted by molar-refractivity contribution is -0.112. The summed E-state index contributed by atoms with van der Waals surface area (Å²) in [6, 6.07) is 22.0. The SMILES string of the molecule is CCO[C@H](/C=C/C(=O)Nc1ccccc1N)[C@H](OC(=O)Nc1ccc(C#N)cc1)c1cccc(OCCO)c1. The molecule has 0 heterocycles. The van der Waals surface area contributed by atoms with Crippen LogP contribution in [0.25, 0.3) is 0 Å². The molecule has 0 fully saturated rings. The molecule has 0 radical (unpaired) electrons. The number of para-hydroxylation sites is 2. The van der Waals surface area contributed by atoms with E-state index in [2.05, 4.69) is 10.6 Å². The van der Waals surface area contributed by atoms with Crippen LogP contribution in [0.4, 0.5) is 21.9 Å². The minimum absolute atomic E-state index is 0.0890. The average molecular weight is 531 g/mol. The van der Waals surface area contributed by atoms with Crippen molar-refractivity contribution in [2.75, 3.05) is 36.2 Å². The molecule has 5 N–H and O–H groups in total. The second-order valence-electron chi connectivity index (χ2n) is 8.14. The zero-order chi connectivity index (χ0) is 28.0. The van der Waals surface area contributed by atoms with Gasteiger partial charge in [-0.25, -0.2) is 4.79 Å². The highest BCUT2D eigenvalue weighted by Gasteiger charge is 2.27. The van der Waals surface area contributed by atoms with Gasteiger partial charge in [-0.1, -0.05) is 24.3 Å². The first-order chi connectivity index (χ1) is 18.9. The molecule has 2 atom stereocenters. The maximum absolute atomic E-state index is 12.9. The average Bonchev–Trinajstić information content (AvgIpc) is 2.95. The lowest BCUT2D eigenvalue weighted by atomic mass is 10.0. The van der Waals surface area contributed by atoms with Crippen molar-refractivity contribution in [3.63, 3.8) is 0 Å². The van der Waals surface area contributed by atoms with Gasteiger partial charge < -0.3 is 30.4 Å². The molecule has 0 bridgehead atoms. The Kier molecular flexibility index (Phi) is 10.9. The van der Waals surface area contributed by atoms with Crippen LogP contribution in [-0.4, -0.2) is 43.0 Å². The number of carbonyl (C=O) groups is 2. The molecule has 10 nitrogen and oxygen atoms in total. The van der Waals surface area contributed by atoms with Crippen molar-refractivity contribution in [3.05, 3.63) is 96.1 Å². The summed E-state index contributed by atoms with van der Waals surface area (Å²) in [6.07, 6.45) is 0.179. The topological polar surface area (TPSA) is 156 Å². The van der Waals surface area contributed by atoms with Crippen LogP contribution in [-0.2, 0) is 14.3 Å². The molecular formula is C29H30N4O6. The van der Waals surface area contributed by atoms with E-state index in [-0.39, 0.29) is 19.8 Å². The van der Waals surface area contributed by atoms with Crippen LogP contribution in [0.15, 0.2) is 84.9 Å². The van der Waals surface area contributed by atoms with Crippen molar-refractivity contribution in [1.82, 2.24) is 0 Å². The van der Waals surface area contributed by atoms with Gasteiger partial charge in [0.25, 0.3) is 0 Å². The molecule has 0 unspecified atom stereocenters. The predicted molar refractivity (Wildman–Crippen MR) is 147 cm³/mol. The Labute approximate surface area is 226 Å². The number of anilines is 3. The number of benzene rings is 3. The van der Waals surface area contributed by atoms with E-state index >= 15 is 0 Å². The molecule has 0 aliphatic heterocycles. The van der Waals surface area contributed by atoms with Gasteiger partial charge >= 0.3 is 6.09 Å². The molecule has 0 spiro atoms. The third-order valence-electron chi connectivity index (χ3n) is 5.35. The van der Waals surface area contributed by atoms with Gasteiger partial charge in [0.1, 0.15) is 18.5 Å². The van der Waals surface area contributed by atoms with E-state index < -0.39 is 24.2 Å². The lowest BCUT2D eigenvalue weighted by Gasteiger charge is -2.25. The number of hydrogen-bond donors (Lipinski definition) is 4. The van der Waals surface area contributed by atoms with Gasteiger partial charge in [0.15, 0.2) is 6.10 Å². The van der Waals surface area contributed by atoms with Gasteiger partial charge in [-0.2, -0.15) is 5.26 Å². The smallest absolute Gasteiger partial charge is 0.412 e. The normalized spacial score (nSPS) is 12.2. The zero-order valence-corrected chi connectivity index (χ0v) is 21.4. The number of carbonyl (C=O) groups excluding carboxylic acids is 2. The van der Waals surface area contributed by atoms with Crippen molar-refractivity contribution in [2.24, 2.45) is 0 Å². The summed E-state index contributed by atoms with van der Waals surface area (Å²) in [5, 5.41) is 23.4. The fourth-order valence-electron chi connectivity index (χ4n) is 3.56. The van der Waals surface area contributed by atoms with Gasteiger partial charge in [0, 0.05) is 18.4 Å². The predicted octanol–water partition coefficient (Wildman–Crippen LogP) is 4.40. The van der Waals surface area contributed by atoms with Crippen LogP contribution in [0.3, 0.4) is 0 Å². The Morgan fingerprint density at radius 3 is 2.54 bits per heavy atom. The molecule has 3 aromatic carbocycles. The summed E-state index contributed by atoms with van der Waals surface area (Å²) >= 11 is 0. The van der Waals surface area contributed by atoms with E-state index in [1.54, 1.807) is 79.7 Å².